The van der Waals surface area contributed by atoms with E-state index in [2.05, 4.69) is 4.98 Å². The Hall–Kier alpha value is -2.79. The molecule has 0 aliphatic rings. The first-order valence-electron chi connectivity index (χ1n) is 7.66. The van der Waals surface area contributed by atoms with E-state index in [-0.39, 0.29) is 15.5 Å². The number of pyridine rings is 1. The average Bonchev–Trinajstić information content (AvgIpc) is 2.63. The van der Waals surface area contributed by atoms with Gasteiger partial charge in [-0.15, -0.1) is 0 Å². The predicted molar refractivity (Wildman–Crippen MR) is 103 cm³/mol. The van der Waals surface area contributed by atoms with Gasteiger partial charge in [-0.2, -0.15) is 16.8 Å². The molecule has 150 valence electrons. The fourth-order valence-corrected chi connectivity index (χ4v) is 2.60. The predicted octanol–water partition coefficient (Wildman–Crippen LogP) is 2.96. The molecule has 0 saturated carbocycles. The Morgan fingerprint density at radius 1 is 0.679 bits per heavy atom. The van der Waals surface area contributed by atoms with Crippen molar-refractivity contribution in [1.82, 2.24) is 4.98 Å². The van der Waals surface area contributed by atoms with Gasteiger partial charge in [0.25, 0.3) is 20.2 Å². The molecule has 3 N–H and O–H groups in total. The van der Waals surface area contributed by atoms with Gasteiger partial charge in [0.2, 0.25) is 0 Å². The number of hydrogen-bond donors (Lipinski definition) is 3. The quantitative estimate of drug-likeness (QED) is 0.532. The van der Waals surface area contributed by atoms with Gasteiger partial charge in [-0.05, 0) is 55.5 Å². The lowest BCUT2D eigenvalue weighted by Crippen LogP contribution is -1.96. The van der Waals surface area contributed by atoms with Crippen molar-refractivity contribution in [1.29, 1.82) is 0 Å². The Kier molecular flexibility index (Phi) is 8.74. The lowest BCUT2D eigenvalue weighted by molar-refractivity contribution is 0.472. The minimum Gasteiger partial charge on any atom is -0.508 e. The first kappa shape index (κ1) is 23.2. The standard InChI is InChI=1S/C7H8O3S.C6H6O4S.C5H5N/c1-6-2-4-7(5-3-6)11(8,9)10;7-5-1-3-6(4-2-5)11(8,9)10;1-2-4-6-5-3-1/h2-5H,1H3,(H,8,9,10);1-4,7H,(H,8,9,10);1-5H. The maximum Gasteiger partial charge on any atom is 0.294 e. The van der Waals surface area contributed by atoms with E-state index in [0.717, 1.165) is 17.7 Å². The number of hydrogen-bond acceptors (Lipinski definition) is 6. The van der Waals surface area contributed by atoms with Gasteiger partial charge in [0.15, 0.2) is 0 Å². The van der Waals surface area contributed by atoms with Gasteiger partial charge >= 0.3 is 0 Å². The summed E-state index contributed by atoms with van der Waals surface area (Å²) in [5, 5.41) is 8.75. The second-order valence-corrected chi connectivity index (χ2v) is 8.12. The molecule has 0 saturated heterocycles. The highest BCUT2D eigenvalue weighted by Crippen LogP contribution is 2.13. The highest BCUT2D eigenvalue weighted by molar-refractivity contribution is 7.86. The third kappa shape index (κ3) is 9.24. The van der Waals surface area contributed by atoms with Crippen molar-refractivity contribution in [2.24, 2.45) is 0 Å². The zero-order chi connectivity index (χ0) is 21.2. The number of aromatic nitrogens is 1. The van der Waals surface area contributed by atoms with Gasteiger partial charge < -0.3 is 5.11 Å². The van der Waals surface area contributed by atoms with E-state index < -0.39 is 20.2 Å². The second-order valence-electron chi connectivity index (χ2n) is 5.28. The number of benzene rings is 2. The third-order valence-electron chi connectivity index (χ3n) is 3.02. The molecule has 0 spiro atoms. The van der Waals surface area contributed by atoms with Crippen LogP contribution in [0.4, 0.5) is 0 Å². The number of rotatable bonds is 2. The third-order valence-corrected chi connectivity index (χ3v) is 4.76. The minimum absolute atomic E-state index is 0.0441. The van der Waals surface area contributed by atoms with Crippen LogP contribution in [-0.2, 0) is 20.2 Å². The van der Waals surface area contributed by atoms with Crippen LogP contribution in [0.3, 0.4) is 0 Å². The molecule has 0 bridgehead atoms. The maximum atomic E-state index is 10.5. The summed E-state index contributed by atoms with van der Waals surface area (Å²) in [4.78, 5) is 3.49. The Morgan fingerprint density at radius 3 is 1.36 bits per heavy atom. The Morgan fingerprint density at radius 2 is 1.07 bits per heavy atom. The molecule has 0 unspecified atom stereocenters. The van der Waals surface area contributed by atoms with Gasteiger partial charge in [-0.1, -0.05) is 23.8 Å². The number of phenols is 1. The summed E-state index contributed by atoms with van der Waals surface area (Å²) in [7, 11) is -8.15. The summed E-state index contributed by atoms with van der Waals surface area (Å²) in [6.07, 6.45) is 3.50. The molecule has 10 heteroatoms. The van der Waals surface area contributed by atoms with Crippen molar-refractivity contribution in [3.05, 3.63) is 84.7 Å². The summed E-state index contributed by atoms with van der Waals surface area (Å²) in [5.41, 5.74) is 0.956. The molecule has 1 heterocycles. The molecule has 0 aliphatic heterocycles. The minimum atomic E-state index is -4.13. The van der Waals surface area contributed by atoms with E-state index in [1.807, 2.05) is 25.1 Å². The fourth-order valence-electron chi connectivity index (χ4n) is 1.64. The molecule has 2 aromatic carbocycles. The van der Waals surface area contributed by atoms with E-state index >= 15 is 0 Å². The van der Waals surface area contributed by atoms with Gasteiger partial charge in [-0.3, -0.25) is 14.1 Å². The molecule has 0 radical (unpaired) electrons. The Balaban J connectivity index is 0.000000219. The monoisotopic (exact) mass is 425 g/mol. The summed E-state index contributed by atoms with van der Waals surface area (Å²) < 4.78 is 58.9. The first-order chi connectivity index (χ1) is 13.0. The van der Waals surface area contributed by atoms with E-state index in [4.69, 9.17) is 14.2 Å². The van der Waals surface area contributed by atoms with Crippen LogP contribution in [0.15, 0.2) is 88.9 Å². The molecule has 0 aliphatic carbocycles. The highest BCUT2D eigenvalue weighted by atomic mass is 32.2. The normalized spacial score (nSPS) is 10.7. The molecule has 0 atom stereocenters. The molecular formula is C18H19NO7S2. The molecule has 3 rings (SSSR count). The van der Waals surface area contributed by atoms with Gasteiger partial charge in [-0.25, -0.2) is 0 Å². The van der Waals surface area contributed by atoms with Crippen LogP contribution in [0, 0.1) is 6.92 Å². The smallest absolute Gasteiger partial charge is 0.294 e. The summed E-state index contributed by atoms with van der Waals surface area (Å²) in [5.74, 6) is -0.0441. The van der Waals surface area contributed by atoms with Crippen LogP contribution < -0.4 is 0 Å². The van der Waals surface area contributed by atoms with E-state index in [0.29, 0.717) is 0 Å². The molecule has 0 amide bonds. The summed E-state index contributed by atoms with van der Waals surface area (Å²) >= 11 is 0. The first-order valence-corrected chi connectivity index (χ1v) is 10.5. The van der Waals surface area contributed by atoms with Crippen molar-refractivity contribution >= 4 is 20.2 Å². The number of phenolic OH excluding ortho intramolecular Hbond substituents is 1. The van der Waals surface area contributed by atoms with Gasteiger partial charge in [0, 0.05) is 12.4 Å². The maximum absolute atomic E-state index is 10.5. The summed E-state index contributed by atoms with van der Waals surface area (Å²) in [6, 6.07) is 16.3. The van der Waals surface area contributed by atoms with Crippen LogP contribution in [0.2, 0.25) is 0 Å². The van der Waals surface area contributed by atoms with E-state index in [9.17, 15) is 16.8 Å². The van der Waals surface area contributed by atoms with Crippen LogP contribution in [-0.4, -0.2) is 36.0 Å². The van der Waals surface area contributed by atoms with E-state index in [1.54, 1.807) is 24.5 Å². The van der Waals surface area contributed by atoms with Crippen molar-refractivity contribution in [2.75, 3.05) is 0 Å². The van der Waals surface area contributed by atoms with Crippen LogP contribution in [0.1, 0.15) is 5.56 Å². The topological polar surface area (TPSA) is 142 Å². The van der Waals surface area contributed by atoms with Crippen LogP contribution in [0.25, 0.3) is 0 Å². The number of aromatic hydroxyl groups is 1. The molecule has 0 fully saturated rings. The zero-order valence-corrected chi connectivity index (χ0v) is 16.4. The highest BCUT2D eigenvalue weighted by Gasteiger charge is 2.07. The van der Waals surface area contributed by atoms with Gasteiger partial charge in [0.05, 0.1) is 9.79 Å². The lowest BCUT2D eigenvalue weighted by atomic mass is 10.2. The molecule has 8 nitrogen and oxygen atoms in total. The van der Waals surface area contributed by atoms with Crippen molar-refractivity contribution in [3.63, 3.8) is 0 Å². The second kappa shape index (κ2) is 10.5. The Bertz CT molecular complexity index is 949. The average molecular weight is 425 g/mol. The fraction of sp³-hybridized carbons (Fsp3) is 0.0556. The lowest BCUT2D eigenvalue weighted by Gasteiger charge is -1.95. The van der Waals surface area contributed by atoms with Crippen LogP contribution >= 0.6 is 0 Å². The molecule has 3 aromatic rings. The largest absolute Gasteiger partial charge is 0.508 e. The molecule has 1 aromatic heterocycles. The number of aryl methyl sites for hydroxylation is 1. The zero-order valence-electron chi connectivity index (χ0n) is 14.7. The Labute approximate surface area is 163 Å². The summed E-state index contributed by atoms with van der Waals surface area (Å²) in [6.45, 7) is 1.84. The van der Waals surface area contributed by atoms with Crippen molar-refractivity contribution in [3.8, 4) is 5.75 Å². The molecule has 28 heavy (non-hydrogen) atoms. The van der Waals surface area contributed by atoms with Crippen LogP contribution in [0.5, 0.6) is 5.75 Å². The number of nitrogens with zero attached hydrogens (tertiary/aromatic N) is 1. The van der Waals surface area contributed by atoms with Gasteiger partial charge in [0.1, 0.15) is 5.75 Å². The van der Waals surface area contributed by atoms with E-state index in [1.165, 1.54) is 24.3 Å². The SMILES string of the molecule is Cc1ccc(S(=O)(=O)O)cc1.O=S(=O)(O)c1ccc(O)cc1.c1ccncc1. The molecular weight excluding hydrogens is 406 g/mol. The van der Waals surface area contributed by atoms with Crippen molar-refractivity contribution in [2.45, 2.75) is 16.7 Å². The van der Waals surface area contributed by atoms with Crippen molar-refractivity contribution < 1.29 is 31.0 Å².